The van der Waals surface area contributed by atoms with Crippen molar-refractivity contribution in [3.8, 4) is 0 Å². The van der Waals surface area contributed by atoms with Crippen LogP contribution in [0.3, 0.4) is 0 Å². The lowest BCUT2D eigenvalue weighted by Crippen LogP contribution is -1.96. The first-order valence-corrected chi connectivity index (χ1v) is 6.34. The van der Waals surface area contributed by atoms with E-state index in [-0.39, 0.29) is 5.56 Å². The highest BCUT2D eigenvalue weighted by Crippen LogP contribution is 2.57. The average molecular weight is 243 g/mol. The van der Waals surface area contributed by atoms with Crippen LogP contribution in [0, 0.1) is 11.8 Å². The molecule has 4 nitrogen and oxygen atoms in total. The minimum Gasteiger partial charge on any atom is -0.478 e. The molecule has 2 saturated carbocycles. The predicted molar refractivity (Wildman–Crippen MR) is 64.5 cm³/mol. The number of rotatable bonds is 2. The van der Waals surface area contributed by atoms with Gasteiger partial charge in [-0.3, -0.25) is 0 Å². The van der Waals surface area contributed by atoms with E-state index in [0.717, 1.165) is 17.7 Å². The number of fused-ring (bicyclic) bond motifs is 2. The van der Waals surface area contributed by atoms with Crippen LogP contribution in [0.5, 0.6) is 0 Å². The molecular formula is C14H13NO3. The summed E-state index contributed by atoms with van der Waals surface area (Å²) in [5.41, 5.74) is 1.61. The van der Waals surface area contributed by atoms with E-state index in [1.54, 1.807) is 18.2 Å². The second-order valence-electron chi connectivity index (χ2n) is 5.46. The number of aromatic nitrogens is 1. The Kier molecular flexibility index (Phi) is 1.88. The Hall–Kier alpha value is -1.84. The van der Waals surface area contributed by atoms with Crippen molar-refractivity contribution >= 4 is 17.1 Å². The number of hydrogen-bond acceptors (Lipinski definition) is 3. The summed E-state index contributed by atoms with van der Waals surface area (Å²) in [6, 6.07) is 4.84. The number of hydrogen-bond donors (Lipinski definition) is 1. The molecule has 2 aromatic rings. The van der Waals surface area contributed by atoms with Gasteiger partial charge in [-0.05, 0) is 49.3 Å². The van der Waals surface area contributed by atoms with Crippen LogP contribution < -0.4 is 0 Å². The average Bonchev–Trinajstić information content (AvgIpc) is 2.81. The van der Waals surface area contributed by atoms with Crippen LogP contribution in [-0.2, 0) is 0 Å². The molecule has 1 heterocycles. The van der Waals surface area contributed by atoms with E-state index in [0.29, 0.717) is 17.0 Å². The van der Waals surface area contributed by atoms with E-state index in [4.69, 9.17) is 9.52 Å². The van der Waals surface area contributed by atoms with E-state index < -0.39 is 5.97 Å². The molecule has 0 spiro atoms. The molecular weight excluding hydrogens is 230 g/mol. The summed E-state index contributed by atoms with van der Waals surface area (Å²) in [5.74, 6) is 2.08. The molecule has 0 bridgehead atoms. The third kappa shape index (κ3) is 1.45. The van der Waals surface area contributed by atoms with Crippen molar-refractivity contribution < 1.29 is 14.3 Å². The Balaban J connectivity index is 1.72. The maximum absolute atomic E-state index is 10.9. The molecule has 2 aliphatic rings. The zero-order chi connectivity index (χ0) is 12.3. The van der Waals surface area contributed by atoms with Gasteiger partial charge in [-0.15, -0.1) is 0 Å². The van der Waals surface area contributed by atoms with Crippen LogP contribution in [0.1, 0.15) is 41.4 Å². The molecule has 18 heavy (non-hydrogen) atoms. The lowest BCUT2D eigenvalue weighted by molar-refractivity contribution is 0.0697. The topological polar surface area (TPSA) is 63.3 Å². The first kappa shape index (κ1) is 10.1. The molecule has 92 valence electrons. The largest absolute Gasteiger partial charge is 0.478 e. The van der Waals surface area contributed by atoms with Gasteiger partial charge in [-0.25, -0.2) is 9.78 Å². The molecule has 0 amide bonds. The van der Waals surface area contributed by atoms with Gasteiger partial charge >= 0.3 is 5.97 Å². The van der Waals surface area contributed by atoms with E-state index in [2.05, 4.69) is 4.98 Å². The number of carbonyl (C=O) groups is 1. The zero-order valence-corrected chi connectivity index (χ0v) is 9.80. The molecule has 2 aliphatic carbocycles. The van der Waals surface area contributed by atoms with E-state index in [1.807, 2.05) is 0 Å². The first-order chi connectivity index (χ1) is 8.70. The number of carboxylic acid groups (broad SMARTS) is 1. The highest BCUT2D eigenvalue weighted by Gasteiger charge is 2.47. The molecule has 2 unspecified atom stereocenters. The summed E-state index contributed by atoms with van der Waals surface area (Å²) < 4.78 is 5.75. The van der Waals surface area contributed by atoms with Crippen molar-refractivity contribution in [3.05, 3.63) is 29.7 Å². The van der Waals surface area contributed by atoms with Crippen molar-refractivity contribution in [2.75, 3.05) is 0 Å². The predicted octanol–water partition coefficient (Wildman–Crippen LogP) is 3.04. The second-order valence-corrected chi connectivity index (χ2v) is 5.46. The first-order valence-electron chi connectivity index (χ1n) is 6.34. The fourth-order valence-electron chi connectivity index (χ4n) is 3.17. The summed E-state index contributed by atoms with van der Waals surface area (Å²) in [6.45, 7) is 0. The Morgan fingerprint density at radius 2 is 2.06 bits per heavy atom. The third-order valence-electron chi connectivity index (χ3n) is 4.24. The number of oxazole rings is 1. The summed E-state index contributed by atoms with van der Waals surface area (Å²) in [7, 11) is 0. The quantitative estimate of drug-likeness (QED) is 0.880. The van der Waals surface area contributed by atoms with Crippen LogP contribution in [0.4, 0.5) is 0 Å². The van der Waals surface area contributed by atoms with Crippen molar-refractivity contribution in [1.82, 2.24) is 4.98 Å². The van der Waals surface area contributed by atoms with Crippen LogP contribution in [0.25, 0.3) is 11.1 Å². The number of nitrogens with zero attached hydrogens (tertiary/aromatic N) is 1. The van der Waals surface area contributed by atoms with Gasteiger partial charge in [0.05, 0.1) is 5.56 Å². The van der Waals surface area contributed by atoms with E-state index >= 15 is 0 Å². The van der Waals surface area contributed by atoms with Gasteiger partial charge in [0.25, 0.3) is 0 Å². The Morgan fingerprint density at radius 3 is 2.78 bits per heavy atom. The van der Waals surface area contributed by atoms with Crippen molar-refractivity contribution in [2.24, 2.45) is 11.8 Å². The Bertz CT molecular complexity index is 636. The monoisotopic (exact) mass is 243 g/mol. The van der Waals surface area contributed by atoms with Gasteiger partial charge in [0.15, 0.2) is 11.5 Å². The van der Waals surface area contributed by atoms with Gasteiger partial charge < -0.3 is 9.52 Å². The Labute approximate surface area is 104 Å². The van der Waals surface area contributed by atoms with Crippen molar-refractivity contribution in [3.63, 3.8) is 0 Å². The van der Waals surface area contributed by atoms with Crippen LogP contribution in [0.15, 0.2) is 22.6 Å². The normalized spacial score (nSPS) is 29.4. The molecule has 0 aliphatic heterocycles. The second kappa shape index (κ2) is 3.34. The summed E-state index contributed by atoms with van der Waals surface area (Å²) in [5, 5.41) is 8.94. The minimum atomic E-state index is -0.927. The van der Waals surface area contributed by atoms with Crippen molar-refractivity contribution in [2.45, 2.75) is 25.2 Å². The zero-order valence-electron chi connectivity index (χ0n) is 9.80. The molecule has 1 N–H and O–H groups in total. The SMILES string of the molecule is O=C(O)c1ccc2oc(C3CC4CC4C3)nc2c1. The number of aromatic carboxylic acids is 1. The van der Waals surface area contributed by atoms with Crippen molar-refractivity contribution in [1.29, 1.82) is 0 Å². The molecule has 2 atom stereocenters. The number of carboxylic acids is 1. The van der Waals surface area contributed by atoms with E-state index in [9.17, 15) is 4.79 Å². The molecule has 0 saturated heterocycles. The summed E-state index contributed by atoms with van der Waals surface area (Å²) >= 11 is 0. The molecule has 0 radical (unpaired) electrons. The summed E-state index contributed by atoms with van der Waals surface area (Å²) in [4.78, 5) is 15.4. The van der Waals surface area contributed by atoms with Gasteiger partial charge in [-0.1, -0.05) is 0 Å². The maximum Gasteiger partial charge on any atom is 0.335 e. The molecule has 1 aromatic carbocycles. The lowest BCUT2D eigenvalue weighted by Gasteiger charge is -2.04. The highest BCUT2D eigenvalue weighted by molar-refractivity contribution is 5.91. The lowest BCUT2D eigenvalue weighted by atomic mass is 10.0. The molecule has 4 heteroatoms. The van der Waals surface area contributed by atoms with Crippen LogP contribution in [-0.4, -0.2) is 16.1 Å². The number of benzene rings is 1. The Morgan fingerprint density at radius 1 is 1.28 bits per heavy atom. The molecule has 2 fully saturated rings. The fourth-order valence-corrected chi connectivity index (χ4v) is 3.17. The van der Waals surface area contributed by atoms with Gasteiger partial charge in [0.1, 0.15) is 5.52 Å². The van der Waals surface area contributed by atoms with Gasteiger partial charge in [-0.2, -0.15) is 0 Å². The van der Waals surface area contributed by atoms with E-state index in [1.165, 1.54) is 19.3 Å². The standard InChI is InChI=1S/C14H13NO3/c16-14(17)7-1-2-12-11(6-7)15-13(18-12)10-4-8-3-9(8)5-10/h1-2,6,8-10H,3-5H2,(H,16,17). The highest BCUT2D eigenvalue weighted by atomic mass is 16.4. The summed E-state index contributed by atoms with van der Waals surface area (Å²) in [6.07, 6.45) is 3.74. The molecule has 4 rings (SSSR count). The van der Waals surface area contributed by atoms with Gasteiger partial charge in [0.2, 0.25) is 0 Å². The fraction of sp³-hybridized carbons (Fsp3) is 0.429. The third-order valence-corrected chi connectivity index (χ3v) is 4.24. The smallest absolute Gasteiger partial charge is 0.335 e. The molecule has 1 aromatic heterocycles. The van der Waals surface area contributed by atoms with Crippen LogP contribution >= 0.6 is 0 Å². The maximum atomic E-state index is 10.9. The van der Waals surface area contributed by atoms with Crippen LogP contribution in [0.2, 0.25) is 0 Å². The minimum absolute atomic E-state index is 0.261. The van der Waals surface area contributed by atoms with Gasteiger partial charge in [0, 0.05) is 5.92 Å².